The number of methoxy groups -OCH3 is 1. The van der Waals surface area contributed by atoms with Gasteiger partial charge in [-0.2, -0.15) is 4.31 Å². The fourth-order valence-corrected chi connectivity index (χ4v) is 4.80. The summed E-state index contributed by atoms with van der Waals surface area (Å²) in [5.41, 5.74) is 0.726. The SMILES string of the molecule is CCOc1ccc(/C=N\OCC(=O)N2CCN(S(=O)(=O)c3ccc(Cl)cc3)CC2)cc1OC. The van der Waals surface area contributed by atoms with Crippen LogP contribution in [-0.4, -0.2) is 76.2 Å². The van der Waals surface area contributed by atoms with Crippen LogP contribution in [0.25, 0.3) is 0 Å². The zero-order chi connectivity index (χ0) is 23.8. The summed E-state index contributed by atoms with van der Waals surface area (Å²) in [6.07, 6.45) is 1.47. The van der Waals surface area contributed by atoms with Gasteiger partial charge in [-0.15, -0.1) is 0 Å². The van der Waals surface area contributed by atoms with Crippen LogP contribution >= 0.6 is 11.6 Å². The molecular formula is C22H26ClN3O6S. The second kappa shape index (κ2) is 11.4. The Morgan fingerprint density at radius 1 is 1.09 bits per heavy atom. The number of oxime groups is 1. The first-order chi connectivity index (χ1) is 15.8. The van der Waals surface area contributed by atoms with Gasteiger partial charge in [-0.1, -0.05) is 16.8 Å². The Bertz CT molecular complexity index is 1080. The van der Waals surface area contributed by atoms with Crippen molar-refractivity contribution in [3.8, 4) is 11.5 Å². The summed E-state index contributed by atoms with van der Waals surface area (Å²) >= 11 is 5.83. The van der Waals surface area contributed by atoms with Gasteiger partial charge in [0.05, 0.1) is 24.8 Å². The standard InChI is InChI=1S/C22H26ClN3O6S/c1-3-31-20-9-4-17(14-21(20)30-2)15-24-32-16-22(27)25-10-12-26(13-11-25)33(28,29)19-7-5-18(23)6-8-19/h4-9,14-15H,3,10-13,16H2,1-2H3/b24-15-. The predicted molar refractivity (Wildman–Crippen MR) is 124 cm³/mol. The Morgan fingerprint density at radius 2 is 1.79 bits per heavy atom. The Hall–Kier alpha value is -2.82. The van der Waals surface area contributed by atoms with Crippen molar-refractivity contribution in [3.05, 3.63) is 53.1 Å². The summed E-state index contributed by atoms with van der Waals surface area (Å²) in [5, 5.41) is 4.31. The highest BCUT2D eigenvalue weighted by molar-refractivity contribution is 7.89. The van der Waals surface area contributed by atoms with Gasteiger partial charge in [0.15, 0.2) is 18.1 Å². The molecule has 0 spiro atoms. The number of sulfonamides is 1. The number of carbonyl (C=O) groups is 1. The number of amides is 1. The largest absolute Gasteiger partial charge is 0.493 e. The van der Waals surface area contributed by atoms with E-state index in [2.05, 4.69) is 5.16 Å². The monoisotopic (exact) mass is 495 g/mol. The number of hydrogen-bond donors (Lipinski definition) is 0. The molecule has 0 radical (unpaired) electrons. The number of ether oxygens (including phenoxy) is 2. The van der Waals surface area contributed by atoms with Crippen molar-refractivity contribution in [2.24, 2.45) is 5.16 Å². The molecule has 178 valence electrons. The minimum atomic E-state index is -3.63. The zero-order valence-electron chi connectivity index (χ0n) is 18.4. The van der Waals surface area contributed by atoms with Crippen LogP contribution < -0.4 is 9.47 Å². The first-order valence-electron chi connectivity index (χ1n) is 10.3. The Morgan fingerprint density at radius 3 is 2.42 bits per heavy atom. The van der Waals surface area contributed by atoms with Gasteiger partial charge in [-0.3, -0.25) is 4.79 Å². The number of piperazine rings is 1. The van der Waals surface area contributed by atoms with Crippen LogP contribution in [-0.2, 0) is 19.7 Å². The second-order valence-corrected chi connectivity index (χ2v) is 9.46. The third-order valence-electron chi connectivity index (χ3n) is 4.99. The van der Waals surface area contributed by atoms with E-state index in [9.17, 15) is 13.2 Å². The molecule has 0 aromatic heterocycles. The Kier molecular flexibility index (Phi) is 8.54. The second-order valence-electron chi connectivity index (χ2n) is 7.09. The lowest BCUT2D eigenvalue weighted by Gasteiger charge is -2.33. The summed E-state index contributed by atoms with van der Waals surface area (Å²) in [4.78, 5) is 19.3. The van der Waals surface area contributed by atoms with Crippen LogP contribution in [0.1, 0.15) is 12.5 Å². The molecule has 33 heavy (non-hydrogen) atoms. The van der Waals surface area contributed by atoms with E-state index in [1.807, 2.05) is 6.92 Å². The molecule has 0 atom stereocenters. The summed E-state index contributed by atoms with van der Waals surface area (Å²) in [6.45, 7) is 3.12. The summed E-state index contributed by atoms with van der Waals surface area (Å²) < 4.78 is 37.6. The van der Waals surface area contributed by atoms with Crippen LogP contribution in [0, 0.1) is 0 Å². The Labute approximate surface area is 198 Å². The smallest absolute Gasteiger partial charge is 0.263 e. The molecule has 2 aromatic carbocycles. The molecule has 1 aliphatic rings. The van der Waals surface area contributed by atoms with E-state index in [0.717, 1.165) is 5.56 Å². The molecule has 9 nitrogen and oxygen atoms in total. The lowest BCUT2D eigenvalue weighted by Crippen LogP contribution is -2.51. The molecule has 11 heteroatoms. The van der Waals surface area contributed by atoms with Crippen LogP contribution in [0.4, 0.5) is 0 Å². The Balaban J connectivity index is 1.48. The fourth-order valence-electron chi connectivity index (χ4n) is 3.25. The van der Waals surface area contributed by atoms with E-state index in [0.29, 0.717) is 23.1 Å². The highest BCUT2D eigenvalue weighted by Crippen LogP contribution is 2.27. The van der Waals surface area contributed by atoms with Gasteiger partial charge < -0.3 is 19.2 Å². The number of benzene rings is 2. The van der Waals surface area contributed by atoms with Crippen LogP contribution in [0.2, 0.25) is 5.02 Å². The van der Waals surface area contributed by atoms with Gasteiger partial charge in [-0.05, 0) is 49.4 Å². The predicted octanol–water partition coefficient (Wildman–Crippen LogP) is 2.63. The molecular weight excluding hydrogens is 470 g/mol. The van der Waals surface area contributed by atoms with Crippen LogP contribution in [0.15, 0.2) is 52.5 Å². The molecule has 0 N–H and O–H groups in total. The summed E-state index contributed by atoms with van der Waals surface area (Å²) in [6, 6.07) is 11.3. The average Bonchev–Trinajstić information content (AvgIpc) is 2.83. The molecule has 1 heterocycles. The highest BCUT2D eigenvalue weighted by atomic mass is 35.5. The molecule has 0 saturated carbocycles. The lowest BCUT2D eigenvalue weighted by molar-refractivity contribution is -0.137. The molecule has 1 fully saturated rings. The van der Waals surface area contributed by atoms with Gasteiger partial charge >= 0.3 is 0 Å². The number of rotatable bonds is 9. The maximum absolute atomic E-state index is 12.7. The number of nitrogens with zero attached hydrogens (tertiary/aromatic N) is 3. The molecule has 2 aromatic rings. The molecule has 1 saturated heterocycles. The molecule has 0 aliphatic carbocycles. The normalized spacial score (nSPS) is 14.9. The van der Waals surface area contributed by atoms with Crippen molar-refractivity contribution in [2.75, 3.05) is 46.5 Å². The van der Waals surface area contributed by atoms with Crippen molar-refractivity contribution < 1.29 is 27.5 Å². The van der Waals surface area contributed by atoms with Gasteiger partial charge in [0, 0.05) is 36.8 Å². The first-order valence-corrected chi connectivity index (χ1v) is 12.2. The van der Waals surface area contributed by atoms with E-state index >= 15 is 0 Å². The third-order valence-corrected chi connectivity index (χ3v) is 7.16. The van der Waals surface area contributed by atoms with E-state index in [1.54, 1.807) is 30.2 Å². The van der Waals surface area contributed by atoms with E-state index in [1.165, 1.54) is 34.8 Å². The van der Waals surface area contributed by atoms with Gasteiger partial charge in [0.25, 0.3) is 5.91 Å². The summed E-state index contributed by atoms with van der Waals surface area (Å²) in [7, 11) is -2.08. The third kappa shape index (κ3) is 6.37. The highest BCUT2D eigenvalue weighted by Gasteiger charge is 2.30. The molecule has 0 unspecified atom stereocenters. The quantitative estimate of drug-likeness (QED) is 0.392. The lowest BCUT2D eigenvalue weighted by atomic mass is 10.2. The van der Waals surface area contributed by atoms with Crippen molar-refractivity contribution in [1.82, 2.24) is 9.21 Å². The average molecular weight is 496 g/mol. The van der Waals surface area contributed by atoms with E-state index < -0.39 is 10.0 Å². The maximum atomic E-state index is 12.7. The van der Waals surface area contributed by atoms with Gasteiger partial charge in [0.2, 0.25) is 10.0 Å². The van der Waals surface area contributed by atoms with Crippen molar-refractivity contribution in [1.29, 1.82) is 0 Å². The van der Waals surface area contributed by atoms with Gasteiger partial charge in [0.1, 0.15) is 0 Å². The molecule has 3 rings (SSSR count). The summed E-state index contributed by atoms with van der Waals surface area (Å²) in [5.74, 6) is 0.939. The minimum absolute atomic E-state index is 0.176. The van der Waals surface area contributed by atoms with Gasteiger partial charge in [-0.25, -0.2) is 8.42 Å². The topological polar surface area (TPSA) is 97.7 Å². The van der Waals surface area contributed by atoms with Crippen molar-refractivity contribution in [3.63, 3.8) is 0 Å². The molecule has 1 aliphatic heterocycles. The maximum Gasteiger partial charge on any atom is 0.263 e. The van der Waals surface area contributed by atoms with Crippen molar-refractivity contribution >= 4 is 33.7 Å². The van der Waals surface area contributed by atoms with E-state index in [-0.39, 0.29) is 43.6 Å². The van der Waals surface area contributed by atoms with Crippen LogP contribution in [0.3, 0.4) is 0 Å². The van der Waals surface area contributed by atoms with Crippen LogP contribution in [0.5, 0.6) is 11.5 Å². The zero-order valence-corrected chi connectivity index (χ0v) is 20.0. The van der Waals surface area contributed by atoms with Crippen molar-refractivity contribution in [2.45, 2.75) is 11.8 Å². The van der Waals surface area contributed by atoms with E-state index in [4.69, 9.17) is 25.9 Å². The minimum Gasteiger partial charge on any atom is -0.493 e. The fraction of sp³-hybridized carbons (Fsp3) is 0.364. The number of hydrogen-bond acceptors (Lipinski definition) is 7. The number of halogens is 1. The molecule has 1 amide bonds. The number of carbonyl (C=O) groups excluding carboxylic acids is 1. The molecule has 0 bridgehead atoms. The first kappa shape index (κ1) is 24.8.